The maximum atomic E-state index is 12.3. The Labute approximate surface area is 120 Å². The SMILES string of the molecule is N#CC1(C(=O)NCCc2ccccn2)CCCCCC1. The van der Waals surface area contributed by atoms with Gasteiger partial charge in [-0.3, -0.25) is 9.78 Å². The van der Waals surface area contributed by atoms with Crippen molar-refractivity contribution in [3.05, 3.63) is 30.1 Å². The Morgan fingerprint density at radius 3 is 2.65 bits per heavy atom. The van der Waals surface area contributed by atoms with Crippen LogP contribution in [0.2, 0.25) is 0 Å². The third kappa shape index (κ3) is 3.57. The number of nitrogens with one attached hydrogen (secondary N) is 1. The first-order valence-electron chi connectivity index (χ1n) is 7.36. The molecular formula is C16H21N3O. The lowest BCUT2D eigenvalue weighted by Crippen LogP contribution is -2.40. The van der Waals surface area contributed by atoms with Gasteiger partial charge in [0, 0.05) is 24.9 Å². The number of nitriles is 1. The Hall–Kier alpha value is -1.89. The molecule has 1 fully saturated rings. The fourth-order valence-corrected chi connectivity index (χ4v) is 2.74. The van der Waals surface area contributed by atoms with Crippen molar-refractivity contribution in [3.63, 3.8) is 0 Å². The van der Waals surface area contributed by atoms with Gasteiger partial charge in [0.05, 0.1) is 6.07 Å². The van der Waals surface area contributed by atoms with E-state index in [0.717, 1.165) is 31.4 Å². The van der Waals surface area contributed by atoms with Crippen molar-refractivity contribution in [1.82, 2.24) is 10.3 Å². The molecule has 1 heterocycles. The van der Waals surface area contributed by atoms with Crippen molar-refractivity contribution < 1.29 is 4.79 Å². The zero-order valence-electron chi connectivity index (χ0n) is 11.8. The summed E-state index contributed by atoms with van der Waals surface area (Å²) in [5, 5.41) is 12.3. The molecule has 0 saturated heterocycles. The highest BCUT2D eigenvalue weighted by atomic mass is 16.2. The molecule has 0 radical (unpaired) electrons. The van der Waals surface area contributed by atoms with Crippen molar-refractivity contribution in [2.45, 2.75) is 44.9 Å². The van der Waals surface area contributed by atoms with Gasteiger partial charge in [0.1, 0.15) is 5.41 Å². The molecule has 0 atom stereocenters. The number of carbonyl (C=O) groups is 1. The summed E-state index contributed by atoms with van der Waals surface area (Å²) < 4.78 is 0. The van der Waals surface area contributed by atoms with Gasteiger partial charge in [0.15, 0.2) is 0 Å². The third-order valence-electron chi connectivity index (χ3n) is 4.00. The molecular weight excluding hydrogens is 250 g/mol. The summed E-state index contributed by atoms with van der Waals surface area (Å²) in [5.41, 5.74) is 0.153. The van der Waals surface area contributed by atoms with Crippen LogP contribution in [0.4, 0.5) is 0 Å². The normalized spacial score (nSPS) is 17.8. The van der Waals surface area contributed by atoms with Crippen molar-refractivity contribution in [2.75, 3.05) is 6.54 Å². The Kier molecular flexibility index (Phi) is 5.11. The van der Waals surface area contributed by atoms with E-state index in [9.17, 15) is 10.1 Å². The number of hydrogen-bond donors (Lipinski definition) is 1. The van der Waals surface area contributed by atoms with E-state index in [0.29, 0.717) is 25.8 Å². The molecule has 1 amide bonds. The molecule has 0 unspecified atom stereocenters. The summed E-state index contributed by atoms with van der Waals surface area (Å²) in [4.78, 5) is 16.6. The lowest BCUT2D eigenvalue weighted by Gasteiger charge is -2.23. The topological polar surface area (TPSA) is 65.8 Å². The minimum absolute atomic E-state index is 0.0992. The molecule has 4 heteroatoms. The van der Waals surface area contributed by atoms with E-state index in [4.69, 9.17) is 0 Å². The molecule has 0 bridgehead atoms. The molecule has 1 aromatic rings. The van der Waals surface area contributed by atoms with E-state index in [2.05, 4.69) is 16.4 Å². The minimum Gasteiger partial charge on any atom is -0.354 e. The van der Waals surface area contributed by atoms with Gasteiger partial charge in [-0.2, -0.15) is 5.26 Å². The van der Waals surface area contributed by atoms with Gasteiger partial charge in [-0.1, -0.05) is 31.7 Å². The van der Waals surface area contributed by atoms with E-state index < -0.39 is 5.41 Å². The highest BCUT2D eigenvalue weighted by molar-refractivity contribution is 5.85. The predicted molar refractivity (Wildman–Crippen MR) is 76.7 cm³/mol. The van der Waals surface area contributed by atoms with Gasteiger partial charge in [0.25, 0.3) is 0 Å². The van der Waals surface area contributed by atoms with Crippen LogP contribution in [0.5, 0.6) is 0 Å². The zero-order valence-corrected chi connectivity index (χ0v) is 11.8. The first-order valence-corrected chi connectivity index (χ1v) is 7.36. The molecule has 106 valence electrons. The van der Waals surface area contributed by atoms with Crippen LogP contribution in [0, 0.1) is 16.7 Å². The van der Waals surface area contributed by atoms with Crippen molar-refractivity contribution >= 4 is 5.91 Å². The summed E-state index contributed by atoms with van der Waals surface area (Å²) in [6, 6.07) is 8.03. The molecule has 1 aromatic heterocycles. The van der Waals surface area contributed by atoms with E-state index in [1.807, 2.05) is 18.2 Å². The lowest BCUT2D eigenvalue weighted by molar-refractivity contribution is -0.128. The number of rotatable bonds is 4. The highest BCUT2D eigenvalue weighted by Gasteiger charge is 2.38. The third-order valence-corrected chi connectivity index (χ3v) is 4.00. The van der Waals surface area contributed by atoms with Crippen LogP contribution in [0.1, 0.15) is 44.2 Å². The van der Waals surface area contributed by atoms with Crippen LogP contribution in [0.25, 0.3) is 0 Å². The molecule has 20 heavy (non-hydrogen) atoms. The first kappa shape index (κ1) is 14.5. The van der Waals surface area contributed by atoms with Crippen molar-refractivity contribution in [3.8, 4) is 6.07 Å². The van der Waals surface area contributed by atoms with E-state index >= 15 is 0 Å². The summed E-state index contributed by atoms with van der Waals surface area (Å²) in [7, 11) is 0. The Morgan fingerprint density at radius 1 is 1.30 bits per heavy atom. The van der Waals surface area contributed by atoms with E-state index in [1.165, 1.54) is 0 Å². The highest BCUT2D eigenvalue weighted by Crippen LogP contribution is 2.34. The number of nitrogens with zero attached hydrogens (tertiary/aromatic N) is 2. The average Bonchev–Trinajstić information content (AvgIpc) is 2.74. The Bertz CT molecular complexity index is 470. The van der Waals surface area contributed by atoms with Gasteiger partial charge >= 0.3 is 0 Å². The summed E-state index contributed by atoms with van der Waals surface area (Å²) in [5.74, 6) is -0.0992. The smallest absolute Gasteiger partial charge is 0.240 e. The molecule has 0 aromatic carbocycles. The Balaban J connectivity index is 1.88. The minimum atomic E-state index is -0.805. The largest absolute Gasteiger partial charge is 0.354 e. The summed E-state index contributed by atoms with van der Waals surface area (Å²) in [6.45, 7) is 0.541. The van der Waals surface area contributed by atoms with Gasteiger partial charge in [-0.05, 0) is 25.0 Å². The second kappa shape index (κ2) is 7.04. The fourth-order valence-electron chi connectivity index (χ4n) is 2.74. The molecule has 1 saturated carbocycles. The molecule has 0 aliphatic heterocycles. The summed E-state index contributed by atoms with van der Waals surface area (Å²) in [6.07, 6.45) is 8.04. The van der Waals surface area contributed by atoms with Gasteiger partial charge in [-0.25, -0.2) is 0 Å². The van der Waals surface area contributed by atoms with E-state index in [1.54, 1.807) is 6.20 Å². The summed E-state index contributed by atoms with van der Waals surface area (Å²) >= 11 is 0. The second-order valence-corrected chi connectivity index (χ2v) is 5.44. The standard InChI is InChI=1S/C16H21N3O/c17-13-16(9-4-1-2-5-10-16)15(20)19-12-8-14-7-3-6-11-18-14/h3,6-7,11H,1-2,4-5,8-10,12H2,(H,19,20). The quantitative estimate of drug-likeness (QED) is 0.856. The molecule has 1 N–H and O–H groups in total. The lowest BCUT2D eigenvalue weighted by atomic mass is 9.81. The van der Waals surface area contributed by atoms with Crippen LogP contribution in [-0.4, -0.2) is 17.4 Å². The Morgan fingerprint density at radius 2 is 2.05 bits per heavy atom. The van der Waals surface area contributed by atoms with Crippen molar-refractivity contribution in [1.29, 1.82) is 5.26 Å². The van der Waals surface area contributed by atoms with Gasteiger partial charge in [0.2, 0.25) is 5.91 Å². The van der Waals surface area contributed by atoms with E-state index in [-0.39, 0.29) is 5.91 Å². The second-order valence-electron chi connectivity index (χ2n) is 5.44. The number of carbonyl (C=O) groups excluding carboxylic acids is 1. The molecule has 1 aliphatic rings. The van der Waals surface area contributed by atoms with Crippen molar-refractivity contribution in [2.24, 2.45) is 5.41 Å². The molecule has 0 spiro atoms. The average molecular weight is 271 g/mol. The monoisotopic (exact) mass is 271 g/mol. The first-order chi connectivity index (χ1) is 9.77. The van der Waals surface area contributed by atoms with Crippen LogP contribution in [-0.2, 0) is 11.2 Å². The fraction of sp³-hybridized carbons (Fsp3) is 0.562. The molecule has 4 nitrogen and oxygen atoms in total. The maximum Gasteiger partial charge on any atom is 0.240 e. The van der Waals surface area contributed by atoms with Crippen LogP contribution in [0.3, 0.4) is 0 Å². The number of hydrogen-bond acceptors (Lipinski definition) is 3. The van der Waals surface area contributed by atoms with Crippen LogP contribution < -0.4 is 5.32 Å². The van der Waals surface area contributed by atoms with Gasteiger partial charge < -0.3 is 5.32 Å². The molecule has 1 aliphatic carbocycles. The van der Waals surface area contributed by atoms with Gasteiger partial charge in [-0.15, -0.1) is 0 Å². The number of aromatic nitrogens is 1. The van der Waals surface area contributed by atoms with Crippen LogP contribution in [0.15, 0.2) is 24.4 Å². The number of amides is 1. The molecule has 2 rings (SSSR count). The van der Waals surface area contributed by atoms with Crippen LogP contribution >= 0.6 is 0 Å². The number of pyridine rings is 1. The zero-order chi connectivity index (χ0) is 14.3. The maximum absolute atomic E-state index is 12.3. The predicted octanol–water partition coefficient (Wildman–Crippen LogP) is 2.60.